The average molecular weight is 299 g/mol. The molecular formula is C14H25N3O4. The maximum atomic E-state index is 12.2. The Labute approximate surface area is 124 Å². The minimum absolute atomic E-state index is 0.0495. The van der Waals surface area contributed by atoms with Gasteiger partial charge in [-0.25, -0.2) is 4.79 Å². The summed E-state index contributed by atoms with van der Waals surface area (Å²) >= 11 is 0. The minimum Gasteiger partial charge on any atom is -0.481 e. The summed E-state index contributed by atoms with van der Waals surface area (Å²) in [5.41, 5.74) is 4.47. The number of carbonyl (C=O) groups is 3. The molecule has 7 nitrogen and oxygen atoms in total. The van der Waals surface area contributed by atoms with Gasteiger partial charge in [-0.2, -0.15) is 0 Å². The van der Waals surface area contributed by atoms with Gasteiger partial charge in [0.15, 0.2) is 0 Å². The second-order valence-corrected chi connectivity index (χ2v) is 6.18. The van der Waals surface area contributed by atoms with E-state index in [2.05, 4.69) is 5.32 Å². The van der Waals surface area contributed by atoms with E-state index in [1.807, 2.05) is 0 Å². The van der Waals surface area contributed by atoms with E-state index in [-0.39, 0.29) is 25.0 Å². The zero-order chi connectivity index (χ0) is 16.0. The predicted octanol–water partition coefficient (Wildman–Crippen LogP) is 0.927. The second kappa shape index (κ2) is 7.28. The zero-order valence-electron chi connectivity index (χ0n) is 12.7. The summed E-state index contributed by atoms with van der Waals surface area (Å²) in [5, 5.41) is 11.5. The van der Waals surface area contributed by atoms with E-state index in [0.29, 0.717) is 13.0 Å². The van der Waals surface area contributed by atoms with Crippen LogP contribution in [-0.4, -0.2) is 47.0 Å². The highest BCUT2D eigenvalue weighted by Crippen LogP contribution is 2.21. The van der Waals surface area contributed by atoms with Crippen LogP contribution in [0.15, 0.2) is 0 Å². The first-order valence-electron chi connectivity index (χ1n) is 7.30. The SMILES string of the molecule is CC(C)(CNC(=O)N1CCCCC1CCC(=O)O)C(N)=O. The summed E-state index contributed by atoms with van der Waals surface area (Å²) in [4.78, 5) is 35.8. The normalized spacial score (nSPS) is 19.1. The second-order valence-electron chi connectivity index (χ2n) is 6.18. The summed E-state index contributed by atoms with van der Waals surface area (Å²) < 4.78 is 0. The molecule has 0 saturated carbocycles. The number of amides is 3. The van der Waals surface area contributed by atoms with Crippen molar-refractivity contribution in [3.63, 3.8) is 0 Å². The van der Waals surface area contributed by atoms with Crippen LogP contribution in [0.25, 0.3) is 0 Å². The highest BCUT2D eigenvalue weighted by atomic mass is 16.4. The van der Waals surface area contributed by atoms with Crippen LogP contribution in [0.3, 0.4) is 0 Å². The Hall–Kier alpha value is -1.79. The van der Waals surface area contributed by atoms with E-state index in [1.165, 1.54) is 0 Å². The highest BCUT2D eigenvalue weighted by molar-refractivity contribution is 5.81. The number of aliphatic carboxylic acids is 1. The van der Waals surface area contributed by atoms with Gasteiger partial charge in [0.25, 0.3) is 0 Å². The molecule has 1 unspecified atom stereocenters. The molecule has 4 N–H and O–H groups in total. The van der Waals surface area contributed by atoms with Crippen LogP contribution in [0.1, 0.15) is 46.0 Å². The standard InChI is InChI=1S/C14H25N3O4/c1-14(2,12(15)20)9-16-13(21)17-8-4-3-5-10(17)6-7-11(18)19/h10H,3-9H2,1-2H3,(H2,15,20)(H,16,21)(H,18,19). The molecule has 1 aliphatic heterocycles. The summed E-state index contributed by atoms with van der Waals surface area (Å²) in [5.74, 6) is -1.32. The number of likely N-dealkylation sites (tertiary alicyclic amines) is 1. The third kappa shape index (κ3) is 5.24. The Balaban J connectivity index is 2.56. The molecule has 1 aliphatic rings. The number of rotatable bonds is 6. The van der Waals surface area contributed by atoms with Gasteiger partial charge in [0, 0.05) is 25.6 Å². The lowest BCUT2D eigenvalue weighted by Gasteiger charge is -2.36. The number of hydrogen-bond donors (Lipinski definition) is 3. The van der Waals surface area contributed by atoms with Gasteiger partial charge in [-0.1, -0.05) is 0 Å². The lowest BCUT2D eigenvalue weighted by molar-refractivity contribution is -0.137. The molecule has 120 valence electrons. The Morgan fingerprint density at radius 1 is 1.33 bits per heavy atom. The maximum absolute atomic E-state index is 12.2. The van der Waals surface area contributed by atoms with Crippen LogP contribution in [0, 0.1) is 5.41 Å². The van der Waals surface area contributed by atoms with E-state index in [1.54, 1.807) is 18.7 Å². The molecule has 21 heavy (non-hydrogen) atoms. The van der Waals surface area contributed by atoms with Crippen molar-refractivity contribution in [3.05, 3.63) is 0 Å². The number of carboxylic acids is 1. The molecule has 0 aromatic heterocycles. The Bertz CT molecular complexity index is 409. The van der Waals surface area contributed by atoms with Gasteiger partial charge in [0.1, 0.15) is 0 Å². The van der Waals surface area contributed by atoms with E-state index >= 15 is 0 Å². The number of nitrogens with two attached hydrogens (primary N) is 1. The van der Waals surface area contributed by atoms with Crippen molar-refractivity contribution < 1.29 is 19.5 Å². The Morgan fingerprint density at radius 2 is 2.00 bits per heavy atom. The molecule has 7 heteroatoms. The van der Waals surface area contributed by atoms with Gasteiger partial charge < -0.3 is 21.1 Å². The van der Waals surface area contributed by atoms with Gasteiger partial charge in [0.05, 0.1) is 5.41 Å². The smallest absolute Gasteiger partial charge is 0.317 e. The average Bonchev–Trinajstić information content (AvgIpc) is 2.42. The summed E-state index contributed by atoms with van der Waals surface area (Å²) in [6.45, 7) is 4.14. The lowest BCUT2D eigenvalue weighted by Crippen LogP contribution is -2.51. The van der Waals surface area contributed by atoms with Crippen molar-refractivity contribution in [2.45, 2.75) is 52.0 Å². The van der Waals surface area contributed by atoms with Gasteiger partial charge >= 0.3 is 12.0 Å². The number of urea groups is 1. The number of carboxylic acid groups (broad SMARTS) is 1. The molecule has 1 atom stereocenters. The van der Waals surface area contributed by atoms with Crippen molar-refractivity contribution in [1.82, 2.24) is 10.2 Å². The summed E-state index contributed by atoms with van der Waals surface area (Å²) in [6.07, 6.45) is 3.25. The van der Waals surface area contributed by atoms with Gasteiger partial charge in [-0.05, 0) is 39.5 Å². The quantitative estimate of drug-likeness (QED) is 0.677. The van der Waals surface area contributed by atoms with Crippen LogP contribution >= 0.6 is 0 Å². The van der Waals surface area contributed by atoms with Crippen molar-refractivity contribution in [1.29, 1.82) is 0 Å². The summed E-state index contributed by atoms with van der Waals surface area (Å²) in [7, 11) is 0. The summed E-state index contributed by atoms with van der Waals surface area (Å²) in [6, 6.07) is -0.300. The fraction of sp³-hybridized carbons (Fsp3) is 0.786. The van der Waals surface area contributed by atoms with E-state index in [9.17, 15) is 14.4 Å². The van der Waals surface area contributed by atoms with Crippen LogP contribution in [0.5, 0.6) is 0 Å². The van der Waals surface area contributed by atoms with Crippen molar-refractivity contribution in [2.75, 3.05) is 13.1 Å². The molecule has 0 radical (unpaired) electrons. The molecule has 1 heterocycles. The third-order valence-electron chi connectivity index (χ3n) is 3.93. The monoisotopic (exact) mass is 299 g/mol. The largest absolute Gasteiger partial charge is 0.481 e. The minimum atomic E-state index is -0.851. The molecule has 0 aliphatic carbocycles. The fourth-order valence-corrected chi connectivity index (χ4v) is 2.34. The number of carbonyl (C=O) groups excluding carboxylic acids is 2. The highest BCUT2D eigenvalue weighted by Gasteiger charge is 2.30. The van der Waals surface area contributed by atoms with Crippen molar-refractivity contribution in [2.24, 2.45) is 11.1 Å². The molecule has 3 amide bonds. The van der Waals surface area contributed by atoms with E-state index in [4.69, 9.17) is 10.8 Å². The first-order chi connectivity index (χ1) is 9.74. The van der Waals surface area contributed by atoms with Crippen molar-refractivity contribution >= 4 is 17.9 Å². The number of nitrogens with one attached hydrogen (secondary N) is 1. The lowest BCUT2D eigenvalue weighted by atomic mass is 9.93. The molecule has 1 saturated heterocycles. The molecule has 0 aromatic rings. The van der Waals surface area contributed by atoms with Gasteiger partial charge in [0.2, 0.25) is 5.91 Å². The molecule has 1 rings (SSSR count). The maximum Gasteiger partial charge on any atom is 0.317 e. The van der Waals surface area contributed by atoms with Gasteiger partial charge in [-0.15, -0.1) is 0 Å². The Kier molecular flexibility index (Phi) is 5.99. The predicted molar refractivity (Wildman–Crippen MR) is 77.6 cm³/mol. The molecule has 0 bridgehead atoms. The van der Waals surface area contributed by atoms with Crippen molar-refractivity contribution in [3.8, 4) is 0 Å². The molecule has 0 aromatic carbocycles. The topological polar surface area (TPSA) is 113 Å². The zero-order valence-corrected chi connectivity index (χ0v) is 12.7. The van der Waals surface area contributed by atoms with E-state index < -0.39 is 17.3 Å². The third-order valence-corrected chi connectivity index (χ3v) is 3.93. The molecule has 0 spiro atoms. The number of primary amides is 1. The van der Waals surface area contributed by atoms with Crippen LogP contribution in [0.4, 0.5) is 4.79 Å². The van der Waals surface area contributed by atoms with Crippen LogP contribution < -0.4 is 11.1 Å². The van der Waals surface area contributed by atoms with Gasteiger partial charge in [-0.3, -0.25) is 9.59 Å². The van der Waals surface area contributed by atoms with E-state index in [0.717, 1.165) is 19.3 Å². The Morgan fingerprint density at radius 3 is 2.57 bits per heavy atom. The van der Waals surface area contributed by atoms with Crippen LogP contribution in [-0.2, 0) is 9.59 Å². The number of piperidine rings is 1. The number of hydrogen-bond acceptors (Lipinski definition) is 3. The van der Waals surface area contributed by atoms with Crippen LogP contribution in [0.2, 0.25) is 0 Å². The molecule has 1 fully saturated rings. The fourth-order valence-electron chi connectivity index (χ4n) is 2.34. The first-order valence-corrected chi connectivity index (χ1v) is 7.30. The first kappa shape index (κ1) is 17.3. The number of nitrogens with zero attached hydrogens (tertiary/aromatic N) is 1. The molecular weight excluding hydrogens is 274 g/mol.